The van der Waals surface area contributed by atoms with E-state index in [0.717, 1.165) is 33.2 Å². The number of amides is 1. The zero-order chi connectivity index (χ0) is 20.3. The van der Waals surface area contributed by atoms with Crippen molar-refractivity contribution in [1.29, 1.82) is 0 Å². The number of nitrogens with one attached hydrogen (secondary N) is 1. The number of benzene rings is 2. The number of fused-ring (bicyclic) bond motifs is 1. The van der Waals surface area contributed by atoms with Gasteiger partial charge in [-0.3, -0.25) is 4.79 Å². The van der Waals surface area contributed by atoms with Crippen molar-refractivity contribution in [2.24, 2.45) is 0 Å². The molecule has 0 aliphatic rings. The maximum Gasteiger partial charge on any atom is 0.475 e. The van der Waals surface area contributed by atoms with Crippen LogP contribution in [0.1, 0.15) is 22.3 Å². The molecule has 0 saturated heterocycles. The van der Waals surface area contributed by atoms with Crippen molar-refractivity contribution in [3.8, 4) is 5.75 Å². The van der Waals surface area contributed by atoms with E-state index in [-0.39, 0.29) is 18.7 Å². The van der Waals surface area contributed by atoms with Gasteiger partial charge in [-0.15, -0.1) is 0 Å². The molecule has 0 bridgehead atoms. The van der Waals surface area contributed by atoms with Gasteiger partial charge < -0.3 is 24.5 Å². The number of ether oxygens (including phenoxy) is 1. The second-order valence-corrected chi connectivity index (χ2v) is 6.98. The van der Waals surface area contributed by atoms with Gasteiger partial charge in [0, 0.05) is 5.39 Å². The van der Waals surface area contributed by atoms with Crippen molar-refractivity contribution in [3.63, 3.8) is 0 Å². The highest BCUT2D eigenvalue weighted by molar-refractivity contribution is 6.43. The summed E-state index contributed by atoms with van der Waals surface area (Å²) in [5.74, 6) is -0.416. The van der Waals surface area contributed by atoms with Crippen molar-refractivity contribution in [2.75, 3.05) is 7.11 Å². The number of hydrogen-bond donors (Lipinski definition) is 3. The van der Waals surface area contributed by atoms with E-state index in [4.69, 9.17) is 9.15 Å². The third-order valence-corrected chi connectivity index (χ3v) is 4.87. The van der Waals surface area contributed by atoms with Gasteiger partial charge in [0.25, 0.3) is 0 Å². The van der Waals surface area contributed by atoms with Crippen molar-refractivity contribution in [3.05, 3.63) is 64.9 Å². The molecule has 3 aromatic rings. The number of furan rings is 1. The van der Waals surface area contributed by atoms with E-state index in [1.54, 1.807) is 37.6 Å². The summed E-state index contributed by atoms with van der Waals surface area (Å²) in [5.41, 5.74) is 4.48. The molecular formula is C21H24BNO5. The maximum absolute atomic E-state index is 12.4. The van der Waals surface area contributed by atoms with E-state index in [1.165, 1.54) is 0 Å². The van der Waals surface area contributed by atoms with Gasteiger partial charge in [0.1, 0.15) is 11.3 Å². The lowest BCUT2D eigenvalue weighted by molar-refractivity contribution is -0.120. The second-order valence-electron chi connectivity index (χ2n) is 6.98. The lowest BCUT2D eigenvalue weighted by Crippen LogP contribution is -2.48. The van der Waals surface area contributed by atoms with E-state index in [1.807, 2.05) is 26.0 Å². The highest BCUT2D eigenvalue weighted by Gasteiger charge is 2.27. The Hall–Kier alpha value is -2.77. The van der Waals surface area contributed by atoms with E-state index in [9.17, 15) is 14.8 Å². The standard InChI is InChI=1S/C21H24BNO5/c1-13-4-5-14(2)21-20(13)16(12-28-21)11-18(22(25)26)23-19(24)10-15-6-8-17(27-3)9-7-15/h4-9,12,18,25-26H,10-11H2,1-3H3,(H,23,24)/t18-/m0/s1. The number of methoxy groups -OCH3 is 1. The Kier molecular flexibility index (Phi) is 6.07. The summed E-state index contributed by atoms with van der Waals surface area (Å²) in [5, 5.41) is 23.2. The average molecular weight is 381 g/mol. The Labute approximate surface area is 164 Å². The second kappa shape index (κ2) is 8.50. The van der Waals surface area contributed by atoms with Crippen LogP contribution < -0.4 is 10.1 Å². The number of carbonyl (C=O) groups is 1. The van der Waals surface area contributed by atoms with Crippen LogP contribution in [0, 0.1) is 13.8 Å². The van der Waals surface area contributed by atoms with Gasteiger partial charge in [-0.2, -0.15) is 0 Å². The Morgan fingerprint density at radius 3 is 2.46 bits per heavy atom. The van der Waals surface area contributed by atoms with Crippen LogP contribution in [0.5, 0.6) is 5.75 Å². The maximum atomic E-state index is 12.4. The molecule has 0 fully saturated rings. The van der Waals surface area contributed by atoms with Gasteiger partial charge in [0.2, 0.25) is 5.91 Å². The molecule has 6 nitrogen and oxygen atoms in total. The fourth-order valence-electron chi connectivity index (χ4n) is 3.33. The number of aryl methyl sites for hydroxylation is 2. The smallest absolute Gasteiger partial charge is 0.475 e. The zero-order valence-electron chi connectivity index (χ0n) is 16.2. The summed E-state index contributed by atoms with van der Waals surface area (Å²) in [6.07, 6.45) is 2.01. The Morgan fingerprint density at radius 2 is 1.82 bits per heavy atom. The minimum Gasteiger partial charge on any atom is -0.497 e. The largest absolute Gasteiger partial charge is 0.497 e. The molecule has 146 valence electrons. The van der Waals surface area contributed by atoms with Gasteiger partial charge in [0.05, 0.1) is 25.7 Å². The van der Waals surface area contributed by atoms with Crippen LogP contribution in [-0.2, 0) is 17.6 Å². The molecule has 1 amide bonds. The number of carbonyl (C=O) groups excluding carboxylic acids is 1. The molecule has 3 N–H and O–H groups in total. The Bertz CT molecular complexity index is 965. The molecule has 0 aliphatic heterocycles. The first-order valence-electron chi connectivity index (χ1n) is 9.13. The molecule has 0 aliphatic carbocycles. The fraction of sp³-hybridized carbons (Fsp3) is 0.286. The first kappa shape index (κ1) is 20.0. The normalized spacial score (nSPS) is 12.0. The molecule has 1 heterocycles. The van der Waals surface area contributed by atoms with Gasteiger partial charge in [-0.25, -0.2) is 0 Å². The topological polar surface area (TPSA) is 91.9 Å². The van der Waals surface area contributed by atoms with Crippen molar-refractivity contribution < 1.29 is 24.0 Å². The summed E-state index contributed by atoms with van der Waals surface area (Å²) in [7, 11) is -0.104. The van der Waals surface area contributed by atoms with Gasteiger partial charge >= 0.3 is 7.12 Å². The molecule has 28 heavy (non-hydrogen) atoms. The van der Waals surface area contributed by atoms with Crippen LogP contribution in [0.15, 0.2) is 47.1 Å². The first-order valence-corrected chi connectivity index (χ1v) is 9.13. The predicted molar refractivity (Wildman–Crippen MR) is 108 cm³/mol. The molecular weight excluding hydrogens is 357 g/mol. The molecule has 0 saturated carbocycles. The molecule has 7 heteroatoms. The van der Waals surface area contributed by atoms with Gasteiger partial charge in [-0.05, 0) is 54.7 Å². The molecule has 2 aromatic carbocycles. The fourth-order valence-corrected chi connectivity index (χ4v) is 3.33. The van der Waals surface area contributed by atoms with E-state index in [0.29, 0.717) is 5.75 Å². The van der Waals surface area contributed by atoms with Crippen LogP contribution in [0.2, 0.25) is 0 Å². The minimum absolute atomic E-state index is 0.136. The quantitative estimate of drug-likeness (QED) is 0.547. The summed E-state index contributed by atoms with van der Waals surface area (Å²) >= 11 is 0. The highest BCUT2D eigenvalue weighted by Crippen LogP contribution is 2.28. The molecule has 1 atom stereocenters. The van der Waals surface area contributed by atoms with Crippen LogP contribution in [0.25, 0.3) is 11.0 Å². The lowest BCUT2D eigenvalue weighted by Gasteiger charge is -2.17. The number of hydrogen-bond acceptors (Lipinski definition) is 5. The summed E-state index contributed by atoms with van der Waals surface area (Å²) in [6, 6.07) is 11.2. The molecule has 1 aromatic heterocycles. The lowest BCUT2D eigenvalue weighted by atomic mass is 9.75. The Morgan fingerprint density at radius 1 is 1.14 bits per heavy atom. The van der Waals surface area contributed by atoms with Crippen molar-refractivity contribution >= 4 is 24.0 Å². The predicted octanol–water partition coefficient (Wildman–Crippen LogP) is 2.34. The summed E-state index contributed by atoms with van der Waals surface area (Å²) < 4.78 is 10.8. The van der Waals surface area contributed by atoms with Crippen molar-refractivity contribution in [1.82, 2.24) is 5.32 Å². The summed E-state index contributed by atoms with van der Waals surface area (Å²) in [6.45, 7) is 3.94. The molecule has 0 unspecified atom stereocenters. The van der Waals surface area contributed by atoms with Gasteiger partial charge in [-0.1, -0.05) is 24.3 Å². The third-order valence-electron chi connectivity index (χ3n) is 4.87. The molecule has 3 rings (SSSR count). The SMILES string of the molecule is COc1ccc(CC(=O)N[C@@H](Cc2coc3c(C)ccc(C)c23)B(O)O)cc1. The highest BCUT2D eigenvalue weighted by atomic mass is 16.5. The molecule has 0 spiro atoms. The van der Waals surface area contributed by atoms with E-state index in [2.05, 4.69) is 5.32 Å². The number of rotatable bonds is 7. The third kappa shape index (κ3) is 4.38. The van der Waals surface area contributed by atoms with Crippen LogP contribution in [0.4, 0.5) is 0 Å². The van der Waals surface area contributed by atoms with E-state index >= 15 is 0 Å². The van der Waals surface area contributed by atoms with Crippen molar-refractivity contribution in [2.45, 2.75) is 32.6 Å². The van der Waals surface area contributed by atoms with Crippen LogP contribution in [0.3, 0.4) is 0 Å². The zero-order valence-corrected chi connectivity index (χ0v) is 16.2. The average Bonchev–Trinajstić information content (AvgIpc) is 3.10. The monoisotopic (exact) mass is 381 g/mol. The van der Waals surface area contributed by atoms with Crippen LogP contribution in [-0.4, -0.2) is 36.1 Å². The van der Waals surface area contributed by atoms with Gasteiger partial charge in [0.15, 0.2) is 0 Å². The van der Waals surface area contributed by atoms with Crippen LogP contribution >= 0.6 is 0 Å². The summed E-state index contributed by atoms with van der Waals surface area (Å²) in [4.78, 5) is 12.4. The molecule has 0 radical (unpaired) electrons. The minimum atomic E-state index is -1.69. The van der Waals surface area contributed by atoms with E-state index < -0.39 is 13.1 Å². The Balaban J connectivity index is 1.73. The first-order chi connectivity index (χ1) is 13.4.